The Bertz CT molecular complexity index is 309. The second kappa shape index (κ2) is 9.26. The molecule has 0 unspecified atom stereocenters. The molecule has 2 N–H and O–H groups in total. The van der Waals surface area contributed by atoms with Gasteiger partial charge in [0, 0.05) is 20.2 Å². The predicted octanol–water partition coefficient (Wildman–Crippen LogP) is 1.70. The lowest BCUT2D eigenvalue weighted by atomic mass is 9.94. The summed E-state index contributed by atoms with van der Waals surface area (Å²) >= 11 is 0. The number of nitrogens with one attached hydrogen (secondary N) is 2. The third-order valence-electron chi connectivity index (χ3n) is 4.20. The highest BCUT2D eigenvalue weighted by molar-refractivity contribution is 5.79. The molecule has 0 amide bonds. The van der Waals surface area contributed by atoms with Crippen molar-refractivity contribution in [3.05, 3.63) is 0 Å². The van der Waals surface area contributed by atoms with E-state index < -0.39 is 0 Å². The van der Waals surface area contributed by atoms with E-state index in [1.807, 2.05) is 0 Å². The van der Waals surface area contributed by atoms with Gasteiger partial charge in [0.05, 0.1) is 12.1 Å². The van der Waals surface area contributed by atoms with Gasteiger partial charge < -0.3 is 20.3 Å². The van der Waals surface area contributed by atoms with E-state index in [0.717, 1.165) is 25.0 Å². The van der Waals surface area contributed by atoms with Crippen LogP contribution in [0.1, 0.15) is 40.0 Å². The van der Waals surface area contributed by atoms with Crippen LogP contribution in [-0.4, -0.2) is 63.3 Å². The Morgan fingerprint density at radius 2 is 1.95 bits per heavy atom. The monoisotopic (exact) mass is 298 g/mol. The second-order valence-corrected chi connectivity index (χ2v) is 6.62. The summed E-state index contributed by atoms with van der Waals surface area (Å²) in [6.45, 7) is 11.2. The first-order valence-corrected chi connectivity index (χ1v) is 8.22. The Hall–Kier alpha value is -0.810. The van der Waals surface area contributed by atoms with Crippen molar-refractivity contribution in [2.24, 2.45) is 10.9 Å². The fraction of sp³-hybridized carbons (Fsp3) is 0.938. The van der Waals surface area contributed by atoms with Crippen LogP contribution >= 0.6 is 0 Å². The van der Waals surface area contributed by atoms with Crippen LogP contribution < -0.4 is 10.6 Å². The molecular weight excluding hydrogens is 264 g/mol. The number of hydrogen-bond donors (Lipinski definition) is 2. The fourth-order valence-electron chi connectivity index (χ4n) is 2.42. The second-order valence-electron chi connectivity index (χ2n) is 6.62. The van der Waals surface area contributed by atoms with Crippen molar-refractivity contribution < 1.29 is 4.74 Å². The molecule has 21 heavy (non-hydrogen) atoms. The molecule has 1 heterocycles. The first-order chi connectivity index (χ1) is 9.96. The van der Waals surface area contributed by atoms with Gasteiger partial charge in [-0.1, -0.05) is 0 Å². The zero-order valence-corrected chi connectivity index (χ0v) is 14.5. The lowest BCUT2D eigenvalue weighted by Gasteiger charge is -2.29. The molecule has 1 aliphatic rings. The smallest absolute Gasteiger partial charge is 0.191 e. The van der Waals surface area contributed by atoms with Gasteiger partial charge in [-0.05, 0) is 66.1 Å². The van der Waals surface area contributed by atoms with Crippen molar-refractivity contribution in [3.8, 4) is 0 Å². The maximum atomic E-state index is 5.41. The lowest BCUT2D eigenvalue weighted by molar-refractivity contribution is 0.0310. The SMILES string of the molecule is CCNC(=NCC(C)(C)OC)NCCC1CCN(C)CC1. The number of rotatable bonds is 7. The Balaban J connectivity index is 2.32. The van der Waals surface area contributed by atoms with E-state index in [2.05, 4.69) is 48.3 Å². The Kier molecular flexibility index (Phi) is 8.04. The molecule has 5 heteroatoms. The van der Waals surface area contributed by atoms with Crippen molar-refractivity contribution in [1.29, 1.82) is 0 Å². The number of likely N-dealkylation sites (tertiary alicyclic amines) is 1. The summed E-state index contributed by atoms with van der Waals surface area (Å²) < 4.78 is 5.41. The van der Waals surface area contributed by atoms with E-state index in [0.29, 0.717) is 6.54 Å². The third-order valence-corrected chi connectivity index (χ3v) is 4.20. The van der Waals surface area contributed by atoms with Gasteiger partial charge >= 0.3 is 0 Å². The van der Waals surface area contributed by atoms with Crippen molar-refractivity contribution in [3.63, 3.8) is 0 Å². The molecule has 1 fully saturated rings. The number of aliphatic imine (C=N–C) groups is 1. The van der Waals surface area contributed by atoms with E-state index in [-0.39, 0.29) is 5.60 Å². The highest BCUT2D eigenvalue weighted by Crippen LogP contribution is 2.18. The summed E-state index contributed by atoms with van der Waals surface area (Å²) in [5.41, 5.74) is -0.212. The molecule has 0 radical (unpaired) electrons. The number of guanidine groups is 1. The lowest BCUT2D eigenvalue weighted by Crippen LogP contribution is -2.40. The number of hydrogen-bond acceptors (Lipinski definition) is 3. The molecule has 0 saturated carbocycles. The first kappa shape index (κ1) is 18.2. The average Bonchev–Trinajstić information content (AvgIpc) is 2.47. The van der Waals surface area contributed by atoms with Gasteiger partial charge in [0.2, 0.25) is 0 Å². The van der Waals surface area contributed by atoms with Gasteiger partial charge in [0.25, 0.3) is 0 Å². The van der Waals surface area contributed by atoms with Crippen molar-refractivity contribution in [2.45, 2.75) is 45.6 Å². The van der Waals surface area contributed by atoms with Gasteiger partial charge in [-0.3, -0.25) is 4.99 Å². The van der Waals surface area contributed by atoms with Gasteiger partial charge in [0.1, 0.15) is 0 Å². The van der Waals surface area contributed by atoms with Crippen LogP contribution in [-0.2, 0) is 4.74 Å². The molecule has 0 aliphatic carbocycles. The minimum Gasteiger partial charge on any atom is -0.377 e. The van der Waals surface area contributed by atoms with Crippen LogP contribution in [0.5, 0.6) is 0 Å². The van der Waals surface area contributed by atoms with E-state index in [9.17, 15) is 0 Å². The topological polar surface area (TPSA) is 48.9 Å². The van der Waals surface area contributed by atoms with E-state index >= 15 is 0 Å². The standard InChI is InChI=1S/C16H34N4O/c1-6-17-15(19-13-16(2,3)21-5)18-10-7-14-8-11-20(4)12-9-14/h14H,6-13H2,1-5H3,(H2,17,18,19). The Labute approximate surface area is 130 Å². The molecule has 0 aromatic carbocycles. The summed E-state index contributed by atoms with van der Waals surface area (Å²) in [7, 11) is 3.94. The van der Waals surface area contributed by atoms with Gasteiger partial charge in [0.15, 0.2) is 5.96 Å². The molecule has 0 aromatic rings. The summed E-state index contributed by atoms with van der Waals surface area (Å²) in [6, 6.07) is 0. The fourth-order valence-corrected chi connectivity index (χ4v) is 2.42. The van der Waals surface area contributed by atoms with E-state index in [4.69, 9.17) is 4.74 Å². The first-order valence-electron chi connectivity index (χ1n) is 8.22. The van der Waals surface area contributed by atoms with Crippen LogP contribution in [0.3, 0.4) is 0 Å². The number of piperidine rings is 1. The van der Waals surface area contributed by atoms with Crippen LogP contribution in [0.2, 0.25) is 0 Å². The highest BCUT2D eigenvalue weighted by Gasteiger charge is 2.17. The molecule has 1 aliphatic heterocycles. The average molecular weight is 298 g/mol. The molecule has 124 valence electrons. The van der Waals surface area contributed by atoms with Crippen molar-refractivity contribution >= 4 is 5.96 Å². The van der Waals surface area contributed by atoms with Gasteiger partial charge in [-0.2, -0.15) is 0 Å². The number of ether oxygens (including phenoxy) is 1. The van der Waals surface area contributed by atoms with Crippen molar-refractivity contribution in [1.82, 2.24) is 15.5 Å². The van der Waals surface area contributed by atoms with Crippen LogP contribution in [0.25, 0.3) is 0 Å². The molecule has 0 bridgehead atoms. The molecule has 0 atom stereocenters. The minimum atomic E-state index is -0.212. The Morgan fingerprint density at radius 3 is 2.52 bits per heavy atom. The summed E-state index contributed by atoms with van der Waals surface area (Å²) in [4.78, 5) is 7.03. The molecule has 0 spiro atoms. The zero-order valence-electron chi connectivity index (χ0n) is 14.5. The van der Waals surface area contributed by atoms with E-state index in [1.165, 1.54) is 32.4 Å². The molecular formula is C16H34N4O. The van der Waals surface area contributed by atoms with Crippen LogP contribution in [0.4, 0.5) is 0 Å². The largest absolute Gasteiger partial charge is 0.377 e. The van der Waals surface area contributed by atoms with Gasteiger partial charge in [-0.25, -0.2) is 0 Å². The quantitative estimate of drug-likeness (QED) is 0.555. The van der Waals surface area contributed by atoms with Crippen molar-refractivity contribution in [2.75, 3.05) is 46.9 Å². The number of methoxy groups -OCH3 is 1. The molecule has 1 rings (SSSR count). The van der Waals surface area contributed by atoms with Crippen LogP contribution in [0, 0.1) is 5.92 Å². The summed E-state index contributed by atoms with van der Waals surface area (Å²) in [5.74, 6) is 1.75. The molecule has 1 saturated heterocycles. The molecule has 0 aromatic heterocycles. The maximum absolute atomic E-state index is 5.41. The third kappa shape index (κ3) is 7.67. The minimum absolute atomic E-state index is 0.212. The Morgan fingerprint density at radius 1 is 1.29 bits per heavy atom. The molecule has 5 nitrogen and oxygen atoms in total. The van der Waals surface area contributed by atoms with E-state index in [1.54, 1.807) is 7.11 Å². The van der Waals surface area contributed by atoms with Crippen LogP contribution in [0.15, 0.2) is 4.99 Å². The number of nitrogens with zero attached hydrogens (tertiary/aromatic N) is 2. The maximum Gasteiger partial charge on any atom is 0.191 e. The predicted molar refractivity (Wildman–Crippen MR) is 89.9 cm³/mol. The highest BCUT2D eigenvalue weighted by atomic mass is 16.5. The normalized spacial score (nSPS) is 18.8. The summed E-state index contributed by atoms with van der Waals surface area (Å²) in [6.07, 6.45) is 3.87. The summed E-state index contributed by atoms with van der Waals surface area (Å²) in [5, 5.41) is 6.74. The zero-order chi connectivity index (χ0) is 15.7. The van der Waals surface area contributed by atoms with Gasteiger partial charge in [-0.15, -0.1) is 0 Å².